The molecule has 12 heteroatoms. The number of carbonyl (C=O) groups excluding carboxylic acids is 2. The lowest BCUT2D eigenvalue weighted by molar-refractivity contribution is -0.197. The van der Waals surface area contributed by atoms with E-state index in [1.807, 2.05) is 0 Å². The van der Waals surface area contributed by atoms with Crippen LogP contribution in [0.15, 0.2) is 22.7 Å². The van der Waals surface area contributed by atoms with Crippen molar-refractivity contribution >= 4 is 38.0 Å². The Balaban J connectivity index is 3.14. The van der Waals surface area contributed by atoms with Gasteiger partial charge in [-0.15, -0.1) is 0 Å². The number of ether oxygens (including phenoxy) is 2. The highest BCUT2D eigenvalue weighted by Gasteiger charge is 2.45. The van der Waals surface area contributed by atoms with E-state index < -0.39 is 45.7 Å². The van der Waals surface area contributed by atoms with Crippen LogP contribution in [0.4, 0.5) is 13.2 Å². The third kappa shape index (κ3) is 6.45. The minimum Gasteiger partial charge on any atom is -0.448 e. The molecular formula is C12H10BrF3O7S. The lowest BCUT2D eigenvalue weighted by Crippen LogP contribution is -2.39. The van der Waals surface area contributed by atoms with E-state index in [9.17, 15) is 31.2 Å². The molecule has 7 nitrogen and oxygen atoms in total. The van der Waals surface area contributed by atoms with E-state index in [1.165, 1.54) is 6.07 Å². The monoisotopic (exact) mass is 434 g/mol. The molecule has 1 aromatic rings. The van der Waals surface area contributed by atoms with Crippen LogP contribution in [0.3, 0.4) is 0 Å². The summed E-state index contributed by atoms with van der Waals surface area (Å²) in [5.74, 6) is -4.66. The van der Waals surface area contributed by atoms with E-state index in [1.54, 1.807) is 0 Å². The summed E-state index contributed by atoms with van der Waals surface area (Å²) in [6.07, 6.45) is -8.32. The van der Waals surface area contributed by atoms with Crippen molar-refractivity contribution in [1.29, 1.82) is 0 Å². The van der Waals surface area contributed by atoms with Gasteiger partial charge < -0.3 is 9.47 Å². The molecule has 1 atom stereocenters. The number of benzene rings is 1. The summed E-state index contributed by atoms with van der Waals surface area (Å²) in [6.45, 7) is 1.01. The standard InChI is InChI=1S/C12H10BrF3O7S/c1-6(17)22-9-4-7(13)2-3-8(9)11(18)23-10(12(14,15)16)5-24(19,20)21/h2-4,10H,5H2,1H3,(H,19,20,21). The van der Waals surface area contributed by atoms with Crippen LogP contribution in [0.5, 0.6) is 5.75 Å². The van der Waals surface area contributed by atoms with Crippen LogP contribution < -0.4 is 4.74 Å². The summed E-state index contributed by atoms with van der Waals surface area (Å²) in [5, 5.41) is 0. The van der Waals surface area contributed by atoms with E-state index in [0.717, 1.165) is 19.1 Å². The van der Waals surface area contributed by atoms with E-state index in [2.05, 4.69) is 20.7 Å². The highest BCUT2D eigenvalue weighted by Crippen LogP contribution is 2.28. The molecule has 0 fully saturated rings. The molecule has 0 spiro atoms. The molecule has 0 heterocycles. The van der Waals surface area contributed by atoms with Crippen molar-refractivity contribution in [3.63, 3.8) is 0 Å². The first kappa shape index (κ1) is 20.4. The maximum absolute atomic E-state index is 12.8. The van der Waals surface area contributed by atoms with Crippen LogP contribution in [0.25, 0.3) is 0 Å². The average Bonchev–Trinajstić information content (AvgIpc) is 2.34. The second kappa shape index (κ2) is 7.49. The van der Waals surface area contributed by atoms with Crippen LogP contribution in [0.1, 0.15) is 17.3 Å². The summed E-state index contributed by atoms with van der Waals surface area (Å²) in [7, 11) is -5.06. The van der Waals surface area contributed by atoms with Gasteiger partial charge in [-0.3, -0.25) is 9.35 Å². The number of carbonyl (C=O) groups is 2. The molecule has 0 bridgehead atoms. The number of alkyl halides is 3. The van der Waals surface area contributed by atoms with E-state index in [-0.39, 0.29) is 5.75 Å². The maximum Gasteiger partial charge on any atom is 0.426 e. The van der Waals surface area contributed by atoms with Crippen LogP contribution in [-0.4, -0.2) is 42.9 Å². The van der Waals surface area contributed by atoms with Crippen LogP contribution in [0, 0.1) is 0 Å². The van der Waals surface area contributed by atoms with Crippen LogP contribution in [-0.2, 0) is 19.6 Å². The molecule has 1 unspecified atom stereocenters. The number of esters is 2. The van der Waals surface area contributed by atoms with Crippen molar-refractivity contribution in [1.82, 2.24) is 0 Å². The molecule has 24 heavy (non-hydrogen) atoms. The highest BCUT2D eigenvalue weighted by atomic mass is 79.9. The minimum absolute atomic E-state index is 0.362. The Morgan fingerprint density at radius 1 is 1.33 bits per heavy atom. The summed E-state index contributed by atoms with van der Waals surface area (Å²) < 4.78 is 77.3. The molecule has 0 aliphatic heterocycles. The molecule has 0 aliphatic rings. The van der Waals surface area contributed by atoms with Gasteiger partial charge in [0, 0.05) is 11.4 Å². The van der Waals surface area contributed by atoms with Gasteiger partial charge >= 0.3 is 18.1 Å². The number of halogens is 4. The third-order valence-electron chi connectivity index (χ3n) is 2.39. The van der Waals surface area contributed by atoms with Gasteiger partial charge in [0.25, 0.3) is 10.1 Å². The van der Waals surface area contributed by atoms with Gasteiger partial charge in [-0.1, -0.05) is 15.9 Å². The van der Waals surface area contributed by atoms with Crippen LogP contribution in [0.2, 0.25) is 0 Å². The van der Waals surface area contributed by atoms with Crippen molar-refractivity contribution < 1.29 is 45.2 Å². The smallest absolute Gasteiger partial charge is 0.426 e. The summed E-state index contributed by atoms with van der Waals surface area (Å²) in [4.78, 5) is 22.9. The van der Waals surface area contributed by atoms with E-state index in [4.69, 9.17) is 9.29 Å². The highest BCUT2D eigenvalue weighted by molar-refractivity contribution is 9.10. The Labute approximate surface area is 142 Å². The van der Waals surface area contributed by atoms with Crippen molar-refractivity contribution in [2.75, 3.05) is 5.75 Å². The fourth-order valence-electron chi connectivity index (χ4n) is 1.48. The zero-order chi connectivity index (χ0) is 18.7. The Kier molecular flexibility index (Phi) is 6.36. The SMILES string of the molecule is CC(=O)Oc1cc(Br)ccc1C(=O)OC(CS(=O)(=O)O)C(F)(F)F. The zero-order valence-corrected chi connectivity index (χ0v) is 14.2. The molecule has 0 saturated carbocycles. The second-order valence-corrected chi connectivity index (χ2v) is 6.83. The van der Waals surface area contributed by atoms with Crippen molar-refractivity contribution in [2.45, 2.75) is 19.2 Å². The topological polar surface area (TPSA) is 107 Å². The Morgan fingerprint density at radius 2 is 1.92 bits per heavy atom. The predicted molar refractivity (Wildman–Crippen MR) is 77.1 cm³/mol. The Hall–Kier alpha value is -1.66. The third-order valence-corrected chi connectivity index (χ3v) is 3.61. The van der Waals surface area contributed by atoms with Gasteiger partial charge in [-0.05, 0) is 18.2 Å². The average molecular weight is 435 g/mol. The second-order valence-electron chi connectivity index (χ2n) is 4.42. The maximum atomic E-state index is 12.8. The summed E-state index contributed by atoms with van der Waals surface area (Å²) in [6, 6.07) is 3.43. The number of rotatable bonds is 5. The molecule has 1 rings (SSSR count). The molecule has 0 saturated heterocycles. The van der Waals surface area contributed by atoms with E-state index >= 15 is 0 Å². The molecule has 134 valence electrons. The van der Waals surface area contributed by atoms with Crippen molar-refractivity contribution in [2.24, 2.45) is 0 Å². The molecule has 0 amide bonds. The van der Waals surface area contributed by atoms with Gasteiger partial charge in [0.05, 0.1) is 0 Å². The van der Waals surface area contributed by atoms with Crippen molar-refractivity contribution in [3.05, 3.63) is 28.2 Å². The molecule has 0 aromatic heterocycles. The summed E-state index contributed by atoms with van der Waals surface area (Å²) in [5.41, 5.74) is -0.530. The molecule has 0 aliphatic carbocycles. The first-order valence-corrected chi connectivity index (χ1v) is 8.40. The number of hydrogen-bond donors (Lipinski definition) is 1. The fourth-order valence-corrected chi connectivity index (χ4v) is 2.46. The predicted octanol–water partition coefficient (Wildman–Crippen LogP) is 2.35. The lowest BCUT2D eigenvalue weighted by Gasteiger charge is -2.20. The zero-order valence-electron chi connectivity index (χ0n) is 11.8. The first-order chi connectivity index (χ1) is 10.8. The van der Waals surface area contributed by atoms with Crippen LogP contribution >= 0.6 is 15.9 Å². The molecular weight excluding hydrogens is 425 g/mol. The molecule has 0 radical (unpaired) electrons. The quantitative estimate of drug-likeness (QED) is 0.430. The van der Waals surface area contributed by atoms with Gasteiger partial charge in [0.15, 0.2) is 0 Å². The molecule has 1 aromatic carbocycles. The lowest BCUT2D eigenvalue weighted by atomic mass is 10.2. The minimum atomic E-state index is -5.23. The molecule has 1 N–H and O–H groups in total. The number of hydrogen-bond acceptors (Lipinski definition) is 6. The fraction of sp³-hybridized carbons (Fsp3) is 0.333. The van der Waals surface area contributed by atoms with Gasteiger partial charge in [-0.2, -0.15) is 21.6 Å². The first-order valence-electron chi connectivity index (χ1n) is 6.00. The Morgan fingerprint density at radius 3 is 2.38 bits per heavy atom. The summed E-state index contributed by atoms with van der Waals surface area (Å²) >= 11 is 3.02. The van der Waals surface area contributed by atoms with Gasteiger partial charge in [-0.25, -0.2) is 4.79 Å². The van der Waals surface area contributed by atoms with Gasteiger partial charge in [0.2, 0.25) is 6.10 Å². The largest absolute Gasteiger partial charge is 0.448 e. The van der Waals surface area contributed by atoms with Gasteiger partial charge in [0.1, 0.15) is 17.1 Å². The van der Waals surface area contributed by atoms with Crippen molar-refractivity contribution in [3.8, 4) is 5.75 Å². The Bertz CT molecular complexity index is 746. The van der Waals surface area contributed by atoms with E-state index in [0.29, 0.717) is 4.47 Å². The normalized spacial score (nSPS) is 13.2.